The molecule has 5 heteroatoms. The summed E-state index contributed by atoms with van der Waals surface area (Å²) in [6.07, 6.45) is 9.46. The van der Waals surface area contributed by atoms with Gasteiger partial charge in [-0.15, -0.1) is 11.3 Å². The van der Waals surface area contributed by atoms with Crippen LogP contribution in [0.2, 0.25) is 4.34 Å². The summed E-state index contributed by atoms with van der Waals surface area (Å²) < 4.78 is 0.613. The number of thiophene rings is 1. The first-order valence-corrected chi connectivity index (χ1v) is 9.89. The van der Waals surface area contributed by atoms with Crippen LogP contribution in [-0.4, -0.2) is 17.7 Å². The molecule has 0 radical (unpaired) electrons. The standard InChI is InChI=1S/C18H24ClNO2S/c19-17-9-8-16(23-17)15(21)7-10-18(22)20-14-6-5-12-3-1-2-4-13(12)11-14/h8-9,12-14H,1-7,10-11H2,(H,20,22)/t12-,13+,14+/m0/s1. The number of ketones is 1. The summed E-state index contributed by atoms with van der Waals surface area (Å²) in [5.41, 5.74) is 0. The molecule has 3 atom stereocenters. The van der Waals surface area contributed by atoms with Crippen molar-refractivity contribution >= 4 is 34.6 Å². The van der Waals surface area contributed by atoms with Crippen LogP contribution in [0.25, 0.3) is 0 Å². The molecule has 1 amide bonds. The van der Waals surface area contributed by atoms with Crippen LogP contribution in [0, 0.1) is 11.8 Å². The summed E-state index contributed by atoms with van der Waals surface area (Å²) in [6, 6.07) is 3.77. The lowest BCUT2D eigenvalue weighted by Crippen LogP contribution is -2.41. The van der Waals surface area contributed by atoms with E-state index < -0.39 is 0 Å². The van der Waals surface area contributed by atoms with Crippen molar-refractivity contribution in [1.82, 2.24) is 5.32 Å². The molecule has 1 heterocycles. The SMILES string of the molecule is O=C(CCC(=O)c1ccc(Cl)s1)N[C@@H]1CC[C@@H]2CCCC[C@@H]2C1. The van der Waals surface area contributed by atoms with Gasteiger partial charge >= 0.3 is 0 Å². The highest BCUT2D eigenvalue weighted by Crippen LogP contribution is 2.40. The van der Waals surface area contributed by atoms with Crippen molar-refractivity contribution in [3.63, 3.8) is 0 Å². The van der Waals surface area contributed by atoms with Crippen molar-refractivity contribution in [2.45, 2.75) is 63.8 Å². The van der Waals surface area contributed by atoms with E-state index in [1.54, 1.807) is 12.1 Å². The fourth-order valence-electron chi connectivity index (χ4n) is 4.12. The van der Waals surface area contributed by atoms with Gasteiger partial charge in [0, 0.05) is 18.9 Å². The van der Waals surface area contributed by atoms with E-state index in [0.717, 1.165) is 24.7 Å². The normalized spacial score (nSPS) is 27.3. The minimum absolute atomic E-state index is 0.00744. The molecule has 3 rings (SSSR count). The molecule has 2 aliphatic carbocycles. The van der Waals surface area contributed by atoms with Crippen molar-refractivity contribution < 1.29 is 9.59 Å². The van der Waals surface area contributed by atoms with Gasteiger partial charge in [0.25, 0.3) is 0 Å². The second kappa shape index (κ2) is 7.80. The molecule has 0 aliphatic heterocycles. The Hall–Kier alpha value is -0.870. The molecule has 0 bridgehead atoms. The van der Waals surface area contributed by atoms with Gasteiger partial charge in [-0.3, -0.25) is 9.59 Å². The number of Topliss-reactive ketones (excluding diaryl/α,β-unsaturated/α-hetero) is 1. The number of rotatable bonds is 5. The monoisotopic (exact) mass is 353 g/mol. The molecule has 0 saturated heterocycles. The van der Waals surface area contributed by atoms with Crippen molar-refractivity contribution in [3.05, 3.63) is 21.3 Å². The molecule has 0 aromatic carbocycles. The highest BCUT2D eigenvalue weighted by molar-refractivity contribution is 7.18. The predicted octanol–water partition coefficient (Wildman–Crippen LogP) is 4.84. The van der Waals surface area contributed by atoms with Crippen LogP contribution in [0.5, 0.6) is 0 Å². The van der Waals surface area contributed by atoms with E-state index in [9.17, 15) is 9.59 Å². The van der Waals surface area contributed by atoms with Crippen LogP contribution < -0.4 is 5.32 Å². The second-order valence-electron chi connectivity index (χ2n) is 6.91. The summed E-state index contributed by atoms with van der Waals surface area (Å²) in [7, 11) is 0. The van der Waals surface area contributed by atoms with Crippen molar-refractivity contribution in [3.8, 4) is 0 Å². The molecule has 2 fully saturated rings. The quantitative estimate of drug-likeness (QED) is 0.770. The van der Waals surface area contributed by atoms with Crippen LogP contribution in [0.15, 0.2) is 12.1 Å². The number of hydrogen-bond donors (Lipinski definition) is 1. The van der Waals surface area contributed by atoms with Gasteiger partial charge in [-0.2, -0.15) is 0 Å². The Bertz CT molecular complexity index is 571. The topological polar surface area (TPSA) is 46.2 Å². The lowest BCUT2D eigenvalue weighted by atomic mass is 9.69. The first-order valence-electron chi connectivity index (χ1n) is 8.69. The number of fused-ring (bicyclic) bond motifs is 1. The van der Waals surface area contributed by atoms with Crippen LogP contribution in [0.1, 0.15) is 67.5 Å². The van der Waals surface area contributed by atoms with Gasteiger partial charge in [0.15, 0.2) is 5.78 Å². The highest BCUT2D eigenvalue weighted by atomic mass is 35.5. The van der Waals surface area contributed by atoms with Gasteiger partial charge in [-0.25, -0.2) is 0 Å². The third-order valence-corrected chi connectivity index (χ3v) is 6.60. The molecule has 3 nitrogen and oxygen atoms in total. The van der Waals surface area contributed by atoms with Gasteiger partial charge in [0.1, 0.15) is 0 Å². The first-order chi connectivity index (χ1) is 11.1. The molecular formula is C18H24ClNO2S. The summed E-state index contributed by atoms with van der Waals surface area (Å²) >= 11 is 7.12. The summed E-state index contributed by atoms with van der Waals surface area (Å²) in [4.78, 5) is 24.8. The number of carbonyl (C=O) groups excluding carboxylic acids is 2. The van der Waals surface area contributed by atoms with Gasteiger partial charge in [-0.1, -0.05) is 37.3 Å². The van der Waals surface area contributed by atoms with E-state index in [-0.39, 0.29) is 24.5 Å². The van der Waals surface area contributed by atoms with Gasteiger partial charge in [0.2, 0.25) is 5.91 Å². The Morgan fingerprint density at radius 2 is 1.87 bits per heavy atom. The van der Waals surface area contributed by atoms with E-state index in [0.29, 0.717) is 15.3 Å². The Morgan fingerprint density at radius 3 is 2.61 bits per heavy atom. The molecule has 2 aliphatic rings. The molecule has 126 valence electrons. The molecular weight excluding hydrogens is 330 g/mol. The minimum atomic E-state index is 0.00744. The van der Waals surface area contributed by atoms with Crippen LogP contribution >= 0.6 is 22.9 Å². The fourth-order valence-corrected chi connectivity index (χ4v) is 5.13. The van der Waals surface area contributed by atoms with Crippen LogP contribution in [0.3, 0.4) is 0 Å². The lowest BCUT2D eigenvalue weighted by Gasteiger charge is -2.39. The van der Waals surface area contributed by atoms with Crippen molar-refractivity contribution in [2.75, 3.05) is 0 Å². The third-order valence-electron chi connectivity index (χ3n) is 5.33. The Kier molecular flexibility index (Phi) is 5.76. The van der Waals surface area contributed by atoms with Gasteiger partial charge in [0.05, 0.1) is 9.21 Å². The summed E-state index contributed by atoms with van der Waals surface area (Å²) in [5.74, 6) is 1.72. The van der Waals surface area contributed by atoms with Crippen molar-refractivity contribution in [1.29, 1.82) is 0 Å². The van der Waals surface area contributed by atoms with Crippen molar-refractivity contribution in [2.24, 2.45) is 11.8 Å². The van der Waals surface area contributed by atoms with E-state index in [1.165, 1.54) is 43.4 Å². The Labute approximate surface area is 146 Å². The molecule has 0 unspecified atom stereocenters. The number of hydrogen-bond acceptors (Lipinski definition) is 3. The largest absolute Gasteiger partial charge is 0.353 e. The van der Waals surface area contributed by atoms with Gasteiger partial charge in [-0.05, 0) is 43.2 Å². The fraction of sp³-hybridized carbons (Fsp3) is 0.667. The van der Waals surface area contributed by atoms with E-state index in [4.69, 9.17) is 11.6 Å². The molecule has 1 aromatic rings. The number of nitrogens with one attached hydrogen (secondary N) is 1. The zero-order chi connectivity index (χ0) is 16.2. The van der Waals surface area contributed by atoms with E-state index in [2.05, 4.69) is 5.32 Å². The van der Waals surface area contributed by atoms with Crippen LogP contribution in [-0.2, 0) is 4.79 Å². The Balaban J connectivity index is 1.42. The smallest absolute Gasteiger partial charge is 0.220 e. The maximum Gasteiger partial charge on any atom is 0.220 e. The highest BCUT2D eigenvalue weighted by Gasteiger charge is 2.32. The maximum atomic E-state index is 12.1. The zero-order valence-corrected chi connectivity index (χ0v) is 14.9. The third kappa shape index (κ3) is 4.57. The summed E-state index contributed by atoms with van der Waals surface area (Å²) in [6.45, 7) is 0. The molecule has 23 heavy (non-hydrogen) atoms. The molecule has 0 spiro atoms. The lowest BCUT2D eigenvalue weighted by molar-refractivity contribution is -0.122. The average Bonchev–Trinajstić information content (AvgIpc) is 2.99. The molecule has 1 aromatic heterocycles. The van der Waals surface area contributed by atoms with Gasteiger partial charge < -0.3 is 5.32 Å². The minimum Gasteiger partial charge on any atom is -0.353 e. The van der Waals surface area contributed by atoms with E-state index >= 15 is 0 Å². The van der Waals surface area contributed by atoms with E-state index in [1.807, 2.05) is 0 Å². The second-order valence-corrected chi connectivity index (χ2v) is 8.62. The molecule has 1 N–H and O–H groups in total. The van der Waals surface area contributed by atoms with Crippen LogP contribution in [0.4, 0.5) is 0 Å². The average molecular weight is 354 g/mol. The number of halogens is 1. The molecule has 2 saturated carbocycles. The Morgan fingerprint density at radius 1 is 1.09 bits per heavy atom. The maximum absolute atomic E-state index is 12.1. The predicted molar refractivity (Wildman–Crippen MR) is 94.1 cm³/mol. The number of carbonyl (C=O) groups is 2. The summed E-state index contributed by atoms with van der Waals surface area (Å²) in [5, 5.41) is 3.15. The first kappa shape index (κ1) is 17.0. The number of amides is 1. The zero-order valence-electron chi connectivity index (χ0n) is 13.4.